The van der Waals surface area contributed by atoms with Crippen molar-refractivity contribution in [1.82, 2.24) is 9.88 Å². The first-order chi connectivity index (χ1) is 8.21. The highest BCUT2D eigenvalue weighted by atomic mass is 32.1. The van der Waals surface area contributed by atoms with Crippen LogP contribution in [-0.4, -0.2) is 22.5 Å². The van der Waals surface area contributed by atoms with Gasteiger partial charge in [-0.25, -0.2) is 4.98 Å². The fraction of sp³-hybridized carbons (Fsp3) is 0.769. The molecule has 1 aromatic rings. The Morgan fingerprint density at radius 2 is 2.24 bits per heavy atom. The van der Waals surface area contributed by atoms with Crippen LogP contribution in [-0.2, 0) is 13.1 Å². The number of hydrogen-bond donors (Lipinski definition) is 1. The predicted molar refractivity (Wildman–Crippen MR) is 75.1 cm³/mol. The summed E-state index contributed by atoms with van der Waals surface area (Å²) in [5, 5.41) is 3.18. The molecular formula is C13H25N3S. The van der Waals surface area contributed by atoms with Gasteiger partial charge in [0, 0.05) is 24.5 Å². The van der Waals surface area contributed by atoms with E-state index in [1.165, 1.54) is 31.5 Å². The molecule has 0 bridgehead atoms. The molecule has 2 N–H and O–H groups in total. The zero-order valence-electron chi connectivity index (χ0n) is 11.3. The molecular weight excluding hydrogens is 230 g/mol. The molecule has 1 aromatic heterocycles. The summed E-state index contributed by atoms with van der Waals surface area (Å²) >= 11 is 1.67. The Kier molecular flexibility index (Phi) is 6.70. The smallest absolute Gasteiger partial charge is 0.106 e. The van der Waals surface area contributed by atoms with Gasteiger partial charge in [-0.3, -0.25) is 4.90 Å². The minimum atomic E-state index is 0.558. The van der Waals surface area contributed by atoms with E-state index in [-0.39, 0.29) is 0 Å². The Labute approximate surface area is 109 Å². The van der Waals surface area contributed by atoms with Crippen LogP contribution in [0.4, 0.5) is 0 Å². The minimum absolute atomic E-state index is 0.558. The summed E-state index contributed by atoms with van der Waals surface area (Å²) in [6, 6.07) is 0.629. The highest BCUT2D eigenvalue weighted by molar-refractivity contribution is 7.09. The molecule has 0 aliphatic heterocycles. The van der Waals surface area contributed by atoms with Crippen LogP contribution in [0.2, 0.25) is 0 Å². The molecule has 1 unspecified atom stereocenters. The van der Waals surface area contributed by atoms with Crippen LogP contribution in [0.25, 0.3) is 0 Å². The second-order valence-corrected chi connectivity index (χ2v) is 5.46. The van der Waals surface area contributed by atoms with Crippen molar-refractivity contribution in [3.8, 4) is 0 Å². The fourth-order valence-electron chi connectivity index (χ4n) is 1.80. The Morgan fingerprint density at radius 3 is 2.76 bits per heavy atom. The van der Waals surface area contributed by atoms with E-state index in [4.69, 9.17) is 5.73 Å². The third-order valence-corrected chi connectivity index (χ3v) is 4.07. The van der Waals surface area contributed by atoms with E-state index in [9.17, 15) is 0 Å². The molecule has 0 spiro atoms. The lowest BCUT2D eigenvalue weighted by Crippen LogP contribution is -2.33. The number of unbranched alkanes of at least 4 members (excludes halogenated alkanes) is 1. The molecule has 0 radical (unpaired) electrons. The number of aromatic nitrogens is 1. The normalized spacial score (nSPS) is 13.2. The lowest BCUT2D eigenvalue weighted by Gasteiger charge is -2.27. The largest absolute Gasteiger partial charge is 0.325 e. The van der Waals surface area contributed by atoms with E-state index in [1.807, 2.05) is 0 Å². The molecule has 3 nitrogen and oxygen atoms in total. The van der Waals surface area contributed by atoms with Gasteiger partial charge in [-0.15, -0.1) is 11.3 Å². The van der Waals surface area contributed by atoms with Crippen LogP contribution in [0.5, 0.6) is 0 Å². The van der Waals surface area contributed by atoms with Crippen molar-refractivity contribution in [1.29, 1.82) is 0 Å². The predicted octanol–water partition coefficient (Wildman–Crippen LogP) is 3.00. The molecule has 17 heavy (non-hydrogen) atoms. The maximum absolute atomic E-state index is 5.59. The average molecular weight is 255 g/mol. The maximum atomic E-state index is 5.59. The van der Waals surface area contributed by atoms with Crippen molar-refractivity contribution >= 4 is 11.3 Å². The number of thiazole rings is 1. The molecule has 0 saturated carbocycles. The van der Waals surface area contributed by atoms with Crippen molar-refractivity contribution < 1.29 is 0 Å². The molecule has 4 heteroatoms. The van der Waals surface area contributed by atoms with Gasteiger partial charge in [0.15, 0.2) is 0 Å². The van der Waals surface area contributed by atoms with Crippen LogP contribution >= 0.6 is 11.3 Å². The summed E-state index contributed by atoms with van der Waals surface area (Å²) in [7, 11) is 0. The molecule has 0 aromatic carbocycles. The summed E-state index contributed by atoms with van der Waals surface area (Å²) in [4.78, 5) is 7.07. The summed E-state index contributed by atoms with van der Waals surface area (Å²) in [5.41, 5.74) is 6.77. The quantitative estimate of drug-likeness (QED) is 0.776. The van der Waals surface area contributed by atoms with Gasteiger partial charge >= 0.3 is 0 Å². The molecule has 0 saturated heterocycles. The molecule has 0 aliphatic rings. The van der Waals surface area contributed by atoms with Crippen molar-refractivity contribution in [2.45, 2.75) is 59.2 Å². The third-order valence-electron chi connectivity index (χ3n) is 3.15. The first kappa shape index (κ1) is 14.6. The summed E-state index contributed by atoms with van der Waals surface area (Å²) < 4.78 is 0. The van der Waals surface area contributed by atoms with E-state index < -0.39 is 0 Å². The SMILES string of the molecule is CCCCN(Cc1csc(CN)n1)C(C)CC. The van der Waals surface area contributed by atoms with Gasteiger partial charge in [0.1, 0.15) is 5.01 Å². The summed E-state index contributed by atoms with van der Waals surface area (Å²) in [5.74, 6) is 0. The molecule has 1 rings (SSSR count). The molecule has 0 amide bonds. The van der Waals surface area contributed by atoms with E-state index in [0.717, 1.165) is 11.6 Å². The van der Waals surface area contributed by atoms with Crippen LogP contribution < -0.4 is 5.73 Å². The van der Waals surface area contributed by atoms with Crippen LogP contribution in [0.1, 0.15) is 50.7 Å². The first-order valence-corrected chi connectivity index (χ1v) is 7.46. The fourth-order valence-corrected chi connectivity index (χ4v) is 2.46. The first-order valence-electron chi connectivity index (χ1n) is 6.58. The van der Waals surface area contributed by atoms with Gasteiger partial charge in [0.2, 0.25) is 0 Å². The van der Waals surface area contributed by atoms with Gasteiger partial charge < -0.3 is 5.73 Å². The molecule has 1 heterocycles. The van der Waals surface area contributed by atoms with E-state index in [2.05, 4.69) is 36.0 Å². The van der Waals surface area contributed by atoms with Gasteiger partial charge in [-0.2, -0.15) is 0 Å². The number of nitrogens with two attached hydrogens (primary N) is 1. The zero-order valence-corrected chi connectivity index (χ0v) is 12.1. The van der Waals surface area contributed by atoms with Crippen LogP contribution in [0, 0.1) is 0 Å². The summed E-state index contributed by atoms with van der Waals surface area (Å²) in [6.45, 7) is 9.47. The molecule has 1 atom stereocenters. The lowest BCUT2D eigenvalue weighted by molar-refractivity contribution is 0.190. The lowest BCUT2D eigenvalue weighted by atomic mass is 10.2. The number of nitrogens with zero attached hydrogens (tertiary/aromatic N) is 2. The Hall–Kier alpha value is -0.450. The van der Waals surface area contributed by atoms with Crippen LogP contribution in [0.15, 0.2) is 5.38 Å². The van der Waals surface area contributed by atoms with E-state index in [1.54, 1.807) is 11.3 Å². The highest BCUT2D eigenvalue weighted by Gasteiger charge is 2.13. The van der Waals surface area contributed by atoms with Crippen molar-refractivity contribution in [3.63, 3.8) is 0 Å². The average Bonchev–Trinajstić information content (AvgIpc) is 2.81. The topological polar surface area (TPSA) is 42.1 Å². The third kappa shape index (κ3) is 4.74. The Bertz CT molecular complexity index is 311. The summed E-state index contributed by atoms with van der Waals surface area (Å²) in [6.07, 6.45) is 3.70. The zero-order chi connectivity index (χ0) is 12.7. The van der Waals surface area contributed by atoms with Gasteiger partial charge in [-0.05, 0) is 26.3 Å². The molecule has 0 aliphatic carbocycles. The van der Waals surface area contributed by atoms with Crippen LogP contribution in [0.3, 0.4) is 0 Å². The van der Waals surface area contributed by atoms with Crippen molar-refractivity contribution in [2.75, 3.05) is 6.54 Å². The van der Waals surface area contributed by atoms with Gasteiger partial charge in [0.25, 0.3) is 0 Å². The Balaban J connectivity index is 2.57. The minimum Gasteiger partial charge on any atom is -0.325 e. The number of hydrogen-bond acceptors (Lipinski definition) is 4. The second-order valence-electron chi connectivity index (χ2n) is 4.52. The highest BCUT2D eigenvalue weighted by Crippen LogP contribution is 2.14. The van der Waals surface area contributed by atoms with Gasteiger partial charge in [0.05, 0.1) is 5.69 Å². The van der Waals surface area contributed by atoms with Crippen molar-refractivity contribution in [2.24, 2.45) is 5.73 Å². The molecule has 98 valence electrons. The second kappa shape index (κ2) is 7.80. The van der Waals surface area contributed by atoms with E-state index >= 15 is 0 Å². The van der Waals surface area contributed by atoms with E-state index in [0.29, 0.717) is 12.6 Å². The van der Waals surface area contributed by atoms with Crippen molar-refractivity contribution in [3.05, 3.63) is 16.1 Å². The molecule has 0 fully saturated rings. The standard InChI is InChI=1S/C13H25N3S/c1-4-6-7-16(11(3)5-2)9-12-10-17-13(8-14)15-12/h10-11H,4-9,14H2,1-3H3. The maximum Gasteiger partial charge on any atom is 0.106 e. The van der Waals surface area contributed by atoms with Gasteiger partial charge in [-0.1, -0.05) is 20.3 Å². The number of rotatable bonds is 8. The monoisotopic (exact) mass is 255 g/mol. The Morgan fingerprint density at radius 1 is 1.47 bits per heavy atom.